The Morgan fingerprint density at radius 3 is 2.80 bits per heavy atom. The molecule has 0 fully saturated rings. The summed E-state index contributed by atoms with van der Waals surface area (Å²) in [5, 5.41) is 0.895. The van der Waals surface area contributed by atoms with Gasteiger partial charge in [0.1, 0.15) is 6.61 Å². The zero-order valence-electron chi connectivity index (χ0n) is 10.6. The van der Waals surface area contributed by atoms with Gasteiger partial charge in [0.25, 0.3) is 0 Å². The molecule has 4 nitrogen and oxygen atoms in total. The molecule has 1 heterocycles. The average molecular weight is 312 g/mol. The smallest absolute Gasteiger partial charge is 0.172 e. The number of aldehydes is 1. The molecule has 0 aliphatic rings. The molecule has 0 saturated heterocycles. The average Bonchev–Trinajstić information content (AvgIpc) is 2.46. The van der Waals surface area contributed by atoms with Gasteiger partial charge in [-0.15, -0.1) is 0 Å². The standard InChI is InChI=1S/C14H11Cl2NO3/c1-19-13-5-11(15)4-10(7-18)14(13)20-8-9-2-3-17-6-12(9)16/h2-7H,8H2,1H3. The summed E-state index contributed by atoms with van der Waals surface area (Å²) in [6.07, 6.45) is 3.81. The number of carbonyl (C=O) groups excluding carboxylic acids is 1. The number of halogens is 2. The molecule has 2 aromatic rings. The third-order valence-corrected chi connectivity index (χ3v) is 3.18. The van der Waals surface area contributed by atoms with Crippen LogP contribution in [0.25, 0.3) is 0 Å². The number of nitrogens with zero attached hydrogens (tertiary/aromatic N) is 1. The molecule has 0 amide bonds. The number of hydrogen-bond acceptors (Lipinski definition) is 4. The molecule has 0 radical (unpaired) electrons. The SMILES string of the molecule is COc1cc(Cl)cc(C=O)c1OCc1ccncc1Cl. The lowest BCUT2D eigenvalue weighted by Crippen LogP contribution is -2.01. The quantitative estimate of drug-likeness (QED) is 0.788. The molecule has 0 saturated carbocycles. The van der Waals surface area contributed by atoms with Crippen LogP contribution < -0.4 is 9.47 Å². The maximum Gasteiger partial charge on any atom is 0.172 e. The fraction of sp³-hybridized carbons (Fsp3) is 0.143. The Morgan fingerprint density at radius 2 is 2.15 bits per heavy atom. The molecule has 104 valence electrons. The van der Waals surface area contributed by atoms with Gasteiger partial charge in [0, 0.05) is 29.0 Å². The number of ether oxygens (including phenoxy) is 2. The number of pyridine rings is 1. The number of rotatable bonds is 5. The molecule has 0 aliphatic carbocycles. The first kappa shape index (κ1) is 14.6. The summed E-state index contributed by atoms with van der Waals surface area (Å²) in [5.41, 5.74) is 1.08. The van der Waals surface area contributed by atoms with Crippen LogP contribution in [0.15, 0.2) is 30.6 Å². The van der Waals surface area contributed by atoms with Gasteiger partial charge in [0.2, 0.25) is 0 Å². The maximum absolute atomic E-state index is 11.1. The van der Waals surface area contributed by atoms with Gasteiger partial charge >= 0.3 is 0 Å². The molecule has 2 rings (SSSR count). The molecule has 1 aromatic heterocycles. The zero-order chi connectivity index (χ0) is 14.5. The first-order chi connectivity index (χ1) is 9.65. The third kappa shape index (κ3) is 3.21. The minimum absolute atomic E-state index is 0.195. The van der Waals surface area contributed by atoms with Crippen LogP contribution in [0.3, 0.4) is 0 Å². The predicted octanol–water partition coefficient (Wildman–Crippen LogP) is 3.79. The van der Waals surface area contributed by atoms with E-state index >= 15 is 0 Å². The van der Waals surface area contributed by atoms with E-state index in [1.807, 2.05) is 0 Å². The van der Waals surface area contributed by atoms with Gasteiger partial charge in [-0.25, -0.2) is 0 Å². The van der Waals surface area contributed by atoms with Crippen LogP contribution in [0, 0.1) is 0 Å². The fourth-order valence-electron chi connectivity index (χ4n) is 1.65. The van der Waals surface area contributed by atoms with Crippen LogP contribution in [0.5, 0.6) is 11.5 Å². The monoisotopic (exact) mass is 311 g/mol. The van der Waals surface area contributed by atoms with Crippen molar-refractivity contribution in [1.29, 1.82) is 0 Å². The van der Waals surface area contributed by atoms with Crippen LogP contribution in [0.4, 0.5) is 0 Å². The van der Waals surface area contributed by atoms with Gasteiger partial charge in [0.15, 0.2) is 17.8 Å². The Balaban J connectivity index is 2.29. The van der Waals surface area contributed by atoms with Gasteiger partial charge in [-0.1, -0.05) is 23.2 Å². The molecule has 0 spiro atoms. The van der Waals surface area contributed by atoms with Crippen molar-refractivity contribution in [2.45, 2.75) is 6.61 Å². The Bertz CT molecular complexity index is 632. The Labute approximate surface area is 126 Å². The number of carbonyl (C=O) groups is 1. The second kappa shape index (κ2) is 6.59. The summed E-state index contributed by atoms with van der Waals surface area (Å²) < 4.78 is 10.8. The van der Waals surface area contributed by atoms with E-state index in [2.05, 4.69) is 4.98 Å². The van der Waals surface area contributed by atoms with E-state index in [0.717, 1.165) is 5.56 Å². The highest BCUT2D eigenvalue weighted by Crippen LogP contribution is 2.34. The molecule has 1 aromatic carbocycles. The summed E-state index contributed by atoms with van der Waals surface area (Å²) in [5.74, 6) is 0.726. The van der Waals surface area contributed by atoms with Crippen molar-refractivity contribution < 1.29 is 14.3 Å². The van der Waals surface area contributed by atoms with Gasteiger partial charge in [-0.05, 0) is 12.1 Å². The number of hydrogen-bond donors (Lipinski definition) is 0. The number of benzene rings is 1. The summed E-state index contributed by atoms with van der Waals surface area (Å²) >= 11 is 11.9. The second-order valence-corrected chi connectivity index (χ2v) is 4.74. The predicted molar refractivity (Wildman–Crippen MR) is 77.0 cm³/mol. The zero-order valence-corrected chi connectivity index (χ0v) is 12.1. The van der Waals surface area contributed by atoms with Crippen LogP contribution in [-0.2, 0) is 6.61 Å². The van der Waals surface area contributed by atoms with E-state index in [1.54, 1.807) is 18.3 Å². The van der Waals surface area contributed by atoms with Gasteiger partial charge in [-0.2, -0.15) is 0 Å². The first-order valence-electron chi connectivity index (χ1n) is 5.69. The topological polar surface area (TPSA) is 48.4 Å². The number of methoxy groups -OCH3 is 1. The molecule has 0 N–H and O–H groups in total. The number of aromatic nitrogens is 1. The van der Waals surface area contributed by atoms with E-state index in [4.69, 9.17) is 32.7 Å². The van der Waals surface area contributed by atoms with Crippen molar-refractivity contribution in [2.24, 2.45) is 0 Å². The summed E-state index contributed by atoms with van der Waals surface area (Å²) in [7, 11) is 1.48. The Morgan fingerprint density at radius 1 is 1.35 bits per heavy atom. The largest absolute Gasteiger partial charge is 0.493 e. The van der Waals surface area contributed by atoms with Gasteiger partial charge in [-0.3, -0.25) is 9.78 Å². The molecule has 0 bridgehead atoms. The summed E-state index contributed by atoms with van der Waals surface area (Å²) in [6, 6.07) is 4.84. The minimum atomic E-state index is 0.195. The van der Waals surface area contributed by atoms with E-state index < -0.39 is 0 Å². The Kier molecular flexibility index (Phi) is 4.82. The molecule has 0 unspecified atom stereocenters. The van der Waals surface area contributed by atoms with Crippen molar-refractivity contribution in [1.82, 2.24) is 4.98 Å². The summed E-state index contributed by atoms with van der Waals surface area (Å²) in [6.45, 7) is 0.195. The van der Waals surface area contributed by atoms with Gasteiger partial charge in [0.05, 0.1) is 17.7 Å². The molecule has 0 atom stereocenters. The minimum Gasteiger partial charge on any atom is -0.493 e. The van der Waals surface area contributed by atoms with Crippen LogP contribution in [-0.4, -0.2) is 18.4 Å². The Hall–Kier alpha value is -1.78. The first-order valence-corrected chi connectivity index (χ1v) is 6.45. The fourth-order valence-corrected chi connectivity index (χ4v) is 2.04. The highest BCUT2D eigenvalue weighted by molar-refractivity contribution is 6.31. The van der Waals surface area contributed by atoms with Gasteiger partial charge < -0.3 is 9.47 Å². The highest BCUT2D eigenvalue weighted by atomic mass is 35.5. The van der Waals surface area contributed by atoms with E-state index in [9.17, 15) is 4.79 Å². The second-order valence-electron chi connectivity index (χ2n) is 3.90. The van der Waals surface area contributed by atoms with E-state index in [-0.39, 0.29) is 6.61 Å². The maximum atomic E-state index is 11.1. The highest BCUT2D eigenvalue weighted by Gasteiger charge is 2.13. The third-order valence-electron chi connectivity index (χ3n) is 2.62. The molecule has 0 aliphatic heterocycles. The molecule has 20 heavy (non-hydrogen) atoms. The molecular formula is C14H11Cl2NO3. The van der Waals surface area contributed by atoms with E-state index in [1.165, 1.54) is 19.4 Å². The lowest BCUT2D eigenvalue weighted by molar-refractivity contribution is 0.111. The van der Waals surface area contributed by atoms with Crippen LogP contribution in [0.2, 0.25) is 10.0 Å². The van der Waals surface area contributed by atoms with E-state index in [0.29, 0.717) is 33.4 Å². The lowest BCUT2D eigenvalue weighted by atomic mass is 10.2. The van der Waals surface area contributed by atoms with Crippen LogP contribution >= 0.6 is 23.2 Å². The molecule has 6 heteroatoms. The lowest BCUT2D eigenvalue weighted by Gasteiger charge is -2.13. The van der Waals surface area contributed by atoms with Crippen molar-refractivity contribution in [3.05, 3.63) is 51.8 Å². The normalized spacial score (nSPS) is 10.2. The summed E-state index contributed by atoms with van der Waals surface area (Å²) in [4.78, 5) is 15.0. The van der Waals surface area contributed by atoms with Crippen molar-refractivity contribution in [2.75, 3.05) is 7.11 Å². The van der Waals surface area contributed by atoms with Crippen molar-refractivity contribution in [3.63, 3.8) is 0 Å². The van der Waals surface area contributed by atoms with Crippen molar-refractivity contribution in [3.8, 4) is 11.5 Å². The van der Waals surface area contributed by atoms with Crippen molar-refractivity contribution >= 4 is 29.5 Å². The van der Waals surface area contributed by atoms with Crippen LogP contribution in [0.1, 0.15) is 15.9 Å². The molecular weight excluding hydrogens is 301 g/mol.